The number of carboxylic acid groups (broad SMARTS) is 1. The van der Waals surface area contributed by atoms with E-state index in [-0.39, 0.29) is 5.69 Å². The van der Waals surface area contributed by atoms with Crippen molar-refractivity contribution in [2.45, 2.75) is 50.0 Å². The van der Waals surface area contributed by atoms with E-state index in [1.807, 2.05) is 0 Å². The smallest absolute Gasteiger partial charge is 0.329 e. The van der Waals surface area contributed by atoms with Gasteiger partial charge in [-0.2, -0.15) is 5.10 Å². The Bertz CT molecular complexity index is 559. The lowest BCUT2D eigenvalue weighted by Crippen LogP contribution is -2.52. The molecular weight excluding hydrogens is 326 g/mol. The van der Waals surface area contributed by atoms with Crippen molar-refractivity contribution in [1.29, 1.82) is 0 Å². The molecule has 7 heteroatoms. The third kappa shape index (κ3) is 2.24. The van der Waals surface area contributed by atoms with Gasteiger partial charge in [0.15, 0.2) is 5.69 Å². The first-order chi connectivity index (χ1) is 9.53. The molecule has 2 aliphatic carbocycles. The molecular formula is C13H16BrN3O3. The van der Waals surface area contributed by atoms with Crippen LogP contribution in [-0.2, 0) is 4.79 Å². The number of aromatic nitrogens is 2. The van der Waals surface area contributed by atoms with Gasteiger partial charge in [-0.05, 0) is 41.6 Å². The summed E-state index contributed by atoms with van der Waals surface area (Å²) in [7, 11) is 0. The van der Waals surface area contributed by atoms with Crippen LogP contribution in [0.4, 0.5) is 0 Å². The van der Waals surface area contributed by atoms with E-state index in [1.165, 1.54) is 0 Å². The second kappa shape index (κ2) is 4.87. The number of H-pyrrole nitrogens is 1. The summed E-state index contributed by atoms with van der Waals surface area (Å²) in [6.07, 6.45) is 4.79. The minimum absolute atomic E-state index is 0.249. The number of amides is 1. The Morgan fingerprint density at radius 3 is 2.55 bits per heavy atom. The number of carboxylic acids is 1. The number of carbonyl (C=O) groups is 2. The summed E-state index contributed by atoms with van der Waals surface area (Å²) < 4.78 is 0.663. The molecule has 6 nitrogen and oxygen atoms in total. The van der Waals surface area contributed by atoms with E-state index in [0.29, 0.717) is 23.2 Å². The fourth-order valence-corrected chi connectivity index (χ4v) is 3.46. The van der Waals surface area contributed by atoms with Gasteiger partial charge >= 0.3 is 5.97 Å². The van der Waals surface area contributed by atoms with Crippen molar-refractivity contribution >= 4 is 27.8 Å². The normalized spacial score (nSPS) is 20.9. The molecule has 0 spiro atoms. The molecule has 0 aromatic carbocycles. The van der Waals surface area contributed by atoms with Gasteiger partial charge in [-0.3, -0.25) is 9.89 Å². The molecule has 1 aromatic rings. The molecule has 2 fully saturated rings. The van der Waals surface area contributed by atoms with E-state index in [4.69, 9.17) is 0 Å². The van der Waals surface area contributed by atoms with Crippen LogP contribution in [0.2, 0.25) is 0 Å². The van der Waals surface area contributed by atoms with Crippen molar-refractivity contribution in [3.05, 3.63) is 15.9 Å². The van der Waals surface area contributed by atoms with Gasteiger partial charge in [-0.15, -0.1) is 0 Å². The summed E-state index contributed by atoms with van der Waals surface area (Å²) in [5, 5.41) is 19.0. The molecule has 20 heavy (non-hydrogen) atoms. The summed E-state index contributed by atoms with van der Waals surface area (Å²) in [5.74, 6) is -0.944. The van der Waals surface area contributed by atoms with Crippen LogP contribution in [-0.4, -0.2) is 32.7 Å². The number of nitrogens with one attached hydrogen (secondary N) is 2. The highest BCUT2D eigenvalue weighted by atomic mass is 79.9. The van der Waals surface area contributed by atoms with Crippen molar-refractivity contribution < 1.29 is 14.7 Å². The Morgan fingerprint density at radius 2 is 2.00 bits per heavy atom. The van der Waals surface area contributed by atoms with Crippen molar-refractivity contribution in [1.82, 2.24) is 15.5 Å². The second-order valence-corrected chi connectivity index (χ2v) is 6.42. The zero-order valence-corrected chi connectivity index (χ0v) is 12.5. The van der Waals surface area contributed by atoms with Gasteiger partial charge < -0.3 is 10.4 Å². The van der Waals surface area contributed by atoms with Crippen LogP contribution in [0.1, 0.15) is 60.6 Å². The van der Waals surface area contributed by atoms with Crippen molar-refractivity contribution in [3.8, 4) is 0 Å². The number of hydrogen-bond donors (Lipinski definition) is 3. The highest BCUT2D eigenvalue weighted by Gasteiger charge is 2.43. The average Bonchev–Trinajstić information content (AvgIpc) is 2.99. The first-order valence-electron chi connectivity index (χ1n) is 6.83. The molecule has 3 rings (SSSR count). The topological polar surface area (TPSA) is 95.1 Å². The van der Waals surface area contributed by atoms with Gasteiger partial charge in [0.25, 0.3) is 5.91 Å². The lowest BCUT2D eigenvalue weighted by atomic mass is 9.97. The molecule has 0 atom stereocenters. The van der Waals surface area contributed by atoms with E-state index < -0.39 is 17.4 Å². The first-order valence-corrected chi connectivity index (χ1v) is 7.62. The minimum Gasteiger partial charge on any atom is -0.480 e. The quantitative estimate of drug-likeness (QED) is 0.782. The Kier molecular flexibility index (Phi) is 3.32. The van der Waals surface area contributed by atoms with Gasteiger partial charge in [0, 0.05) is 5.92 Å². The number of carbonyl (C=O) groups excluding carboxylic acids is 1. The Hall–Kier alpha value is -1.37. The SMILES string of the molecule is O=C(NC1(C(=O)O)CCCC1)c1n[nH]c(C2CC2)c1Br. The predicted molar refractivity (Wildman–Crippen MR) is 74.6 cm³/mol. The molecule has 2 saturated carbocycles. The molecule has 0 radical (unpaired) electrons. The van der Waals surface area contributed by atoms with Crippen molar-refractivity contribution in [3.63, 3.8) is 0 Å². The van der Waals surface area contributed by atoms with Gasteiger partial charge in [0.05, 0.1) is 10.2 Å². The summed E-state index contributed by atoms with van der Waals surface area (Å²) >= 11 is 3.39. The van der Waals surface area contributed by atoms with Crippen LogP contribution >= 0.6 is 15.9 Å². The number of rotatable bonds is 4. The zero-order chi connectivity index (χ0) is 14.3. The standard InChI is InChI=1S/C13H16BrN3O3/c14-8-9(7-3-4-7)16-17-10(8)11(18)15-13(12(19)20)5-1-2-6-13/h7H,1-6H2,(H,15,18)(H,16,17)(H,19,20). The predicted octanol–water partition coefficient (Wildman–Crippen LogP) is 2.18. The molecule has 0 unspecified atom stereocenters. The van der Waals surface area contributed by atoms with E-state index >= 15 is 0 Å². The molecule has 2 aliphatic rings. The highest BCUT2D eigenvalue weighted by molar-refractivity contribution is 9.10. The van der Waals surface area contributed by atoms with Gasteiger partial charge in [0.1, 0.15) is 5.54 Å². The molecule has 0 bridgehead atoms. The van der Waals surface area contributed by atoms with E-state index in [1.54, 1.807) is 0 Å². The molecule has 3 N–H and O–H groups in total. The first kappa shape index (κ1) is 13.6. The van der Waals surface area contributed by atoms with Crippen LogP contribution in [0.25, 0.3) is 0 Å². The van der Waals surface area contributed by atoms with Gasteiger partial charge in [0.2, 0.25) is 0 Å². The Labute approximate surface area is 124 Å². The number of halogens is 1. The summed E-state index contributed by atoms with van der Waals surface area (Å²) in [5.41, 5.74) is 0.0558. The second-order valence-electron chi connectivity index (χ2n) is 5.62. The van der Waals surface area contributed by atoms with E-state index in [0.717, 1.165) is 31.4 Å². The molecule has 108 valence electrons. The maximum absolute atomic E-state index is 12.3. The van der Waals surface area contributed by atoms with Crippen molar-refractivity contribution in [2.75, 3.05) is 0 Å². The van der Waals surface area contributed by atoms with E-state index in [9.17, 15) is 14.7 Å². The zero-order valence-electron chi connectivity index (χ0n) is 10.9. The maximum atomic E-state index is 12.3. The fraction of sp³-hybridized carbons (Fsp3) is 0.615. The van der Waals surface area contributed by atoms with E-state index in [2.05, 4.69) is 31.4 Å². The average molecular weight is 342 g/mol. The Morgan fingerprint density at radius 1 is 1.35 bits per heavy atom. The van der Waals surface area contributed by atoms with Gasteiger partial charge in [-0.25, -0.2) is 4.79 Å². The minimum atomic E-state index is -1.13. The highest BCUT2D eigenvalue weighted by Crippen LogP contribution is 2.43. The fourth-order valence-electron chi connectivity index (χ4n) is 2.78. The van der Waals surface area contributed by atoms with Crippen LogP contribution in [0.15, 0.2) is 4.47 Å². The number of aliphatic carboxylic acids is 1. The third-order valence-electron chi connectivity index (χ3n) is 4.15. The lowest BCUT2D eigenvalue weighted by Gasteiger charge is -2.24. The molecule has 1 heterocycles. The number of aromatic amines is 1. The van der Waals surface area contributed by atoms with Crippen LogP contribution in [0, 0.1) is 0 Å². The van der Waals surface area contributed by atoms with Crippen LogP contribution in [0.3, 0.4) is 0 Å². The van der Waals surface area contributed by atoms with Crippen LogP contribution in [0.5, 0.6) is 0 Å². The largest absolute Gasteiger partial charge is 0.480 e. The third-order valence-corrected chi connectivity index (χ3v) is 4.96. The molecule has 0 saturated heterocycles. The number of hydrogen-bond acceptors (Lipinski definition) is 3. The van der Waals surface area contributed by atoms with Crippen molar-refractivity contribution in [2.24, 2.45) is 0 Å². The Balaban J connectivity index is 1.80. The summed E-state index contributed by atoms with van der Waals surface area (Å²) in [6.45, 7) is 0. The molecule has 1 aromatic heterocycles. The van der Waals surface area contributed by atoms with Gasteiger partial charge in [-0.1, -0.05) is 12.8 Å². The molecule has 0 aliphatic heterocycles. The lowest BCUT2D eigenvalue weighted by molar-refractivity contribution is -0.144. The monoisotopic (exact) mass is 341 g/mol. The van der Waals surface area contributed by atoms with Crippen LogP contribution < -0.4 is 5.32 Å². The summed E-state index contributed by atoms with van der Waals surface area (Å²) in [6, 6.07) is 0. The number of nitrogens with zero attached hydrogens (tertiary/aromatic N) is 1. The molecule has 1 amide bonds. The maximum Gasteiger partial charge on any atom is 0.329 e. The summed E-state index contributed by atoms with van der Waals surface area (Å²) in [4.78, 5) is 23.7.